The standard InChI is InChI=1S/C19H17FN4O4S2/c20-14-3-1-2-12(8-14)9-22-18(26)24-19-23-15(10-29-19)11-30(27,28)16-6-4-13(5-7-16)17(21)25/h1-8,10H,9,11H2,(H2,21,25)(H2,22,23,24,26). The molecule has 0 fully saturated rings. The number of urea groups is 1. The molecule has 3 aromatic rings. The van der Waals surface area contributed by atoms with Crippen LogP contribution in [0.4, 0.5) is 14.3 Å². The van der Waals surface area contributed by atoms with Gasteiger partial charge in [-0.1, -0.05) is 12.1 Å². The fourth-order valence-corrected chi connectivity index (χ4v) is 4.57. The second kappa shape index (κ2) is 9.01. The van der Waals surface area contributed by atoms with Gasteiger partial charge in [0.15, 0.2) is 15.0 Å². The highest BCUT2D eigenvalue weighted by Crippen LogP contribution is 2.21. The molecule has 8 nitrogen and oxygen atoms in total. The number of aromatic nitrogens is 1. The highest BCUT2D eigenvalue weighted by molar-refractivity contribution is 7.90. The van der Waals surface area contributed by atoms with Crippen molar-refractivity contribution in [2.24, 2.45) is 5.73 Å². The van der Waals surface area contributed by atoms with Gasteiger partial charge in [-0.05, 0) is 42.0 Å². The lowest BCUT2D eigenvalue weighted by Crippen LogP contribution is -2.28. The maximum atomic E-state index is 13.1. The van der Waals surface area contributed by atoms with Crippen LogP contribution in [0.3, 0.4) is 0 Å². The summed E-state index contributed by atoms with van der Waals surface area (Å²) in [5.41, 5.74) is 6.21. The molecular formula is C19H17FN4O4S2. The van der Waals surface area contributed by atoms with Gasteiger partial charge in [0.25, 0.3) is 0 Å². The van der Waals surface area contributed by atoms with E-state index in [-0.39, 0.29) is 33.6 Å². The highest BCUT2D eigenvalue weighted by Gasteiger charge is 2.18. The summed E-state index contributed by atoms with van der Waals surface area (Å²) in [6.07, 6.45) is 0. The van der Waals surface area contributed by atoms with E-state index < -0.39 is 27.6 Å². The average Bonchev–Trinajstić information content (AvgIpc) is 3.12. The van der Waals surface area contributed by atoms with Crippen LogP contribution in [0.2, 0.25) is 0 Å². The van der Waals surface area contributed by atoms with Crippen molar-refractivity contribution in [3.63, 3.8) is 0 Å². The first-order chi connectivity index (χ1) is 14.2. The Balaban J connectivity index is 1.58. The molecule has 0 saturated carbocycles. The minimum Gasteiger partial charge on any atom is -0.366 e. The zero-order valence-corrected chi connectivity index (χ0v) is 17.1. The van der Waals surface area contributed by atoms with Gasteiger partial charge in [0.1, 0.15) is 5.82 Å². The Morgan fingerprint density at radius 2 is 1.87 bits per heavy atom. The summed E-state index contributed by atoms with van der Waals surface area (Å²) in [4.78, 5) is 27.2. The number of carbonyl (C=O) groups excluding carboxylic acids is 2. The number of amides is 3. The number of halogens is 1. The largest absolute Gasteiger partial charge is 0.366 e. The van der Waals surface area contributed by atoms with Gasteiger partial charge in [-0.3, -0.25) is 10.1 Å². The van der Waals surface area contributed by atoms with Crippen molar-refractivity contribution in [1.82, 2.24) is 10.3 Å². The van der Waals surface area contributed by atoms with Crippen molar-refractivity contribution >= 4 is 38.2 Å². The van der Waals surface area contributed by atoms with Crippen LogP contribution in [0.15, 0.2) is 58.8 Å². The molecule has 0 aliphatic carbocycles. The number of nitrogens with two attached hydrogens (primary N) is 1. The van der Waals surface area contributed by atoms with E-state index in [1.54, 1.807) is 12.1 Å². The predicted molar refractivity (Wildman–Crippen MR) is 110 cm³/mol. The maximum Gasteiger partial charge on any atom is 0.321 e. The van der Waals surface area contributed by atoms with Gasteiger partial charge < -0.3 is 11.1 Å². The van der Waals surface area contributed by atoms with Crippen LogP contribution in [-0.2, 0) is 22.1 Å². The van der Waals surface area contributed by atoms with Crippen molar-refractivity contribution in [3.05, 3.63) is 76.5 Å². The number of rotatable bonds is 7. The fraction of sp³-hybridized carbons (Fsp3) is 0.105. The molecule has 30 heavy (non-hydrogen) atoms. The van der Waals surface area contributed by atoms with Gasteiger partial charge in [-0.2, -0.15) is 0 Å². The fourth-order valence-electron chi connectivity index (χ4n) is 2.51. The van der Waals surface area contributed by atoms with Gasteiger partial charge in [-0.15, -0.1) is 11.3 Å². The van der Waals surface area contributed by atoms with E-state index in [0.717, 1.165) is 11.3 Å². The number of hydrogen-bond acceptors (Lipinski definition) is 6. The number of thiazole rings is 1. The van der Waals surface area contributed by atoms with E-state index in [2.05, 4.69) is 15.6 Å². The number of carbonyl (C=O) groups is 2. The molecule has 3 amide bonds. The molecule has 0 aliphatic heterocycles. The third kappa shape index (κ3) is 5.61. The summed E-state index contributed by atoms with van der Waals surface area (Å²) >= 11 is 1.08. The average molecular weight is 449 g/mol. The van der Waals surface area contributed by atoms with E-state index in [0.29, 0.717) is 5.56 Å². The molecular weight excluding hydrogens is 431 g/mol. The van der Waals surface area contributed by atoms with Crippen molar-refractivity contribution in [1.29, 1.82) is 0 Å². The number of sulfone groups is 1. The van der Waals surface area contributed by atoms with Gasteiger partial charge in [0, 0.05) is 17.5 Å². The van der Waals surface area contributed by atoms with Crippen LogP contribution in [-0.4, -0.2) is 25.3 Å². The first-order valence-electron chi connectivity index (χ1n) is 8.59. The molecule has 0 atom stereocenters. The zero-order valence-electron chi connectivity index (χ0n) is 15.5. The minimum absolute atomic E-state index is 0.0304. The summed E-state index contributed by atoms with van der Waals surface area (Å²) in [6, 6.07) is 10.6. The number of benzene rings is 2. The maximum absolute atomic E-state index is 13.1. The summed E-state index contributed by atoms with van der Waals surface area (Å²) < 4.78 is 38.2. The molecule has 0 aliphatic rings. The Morgan fingerprint density at radius 3 is 2.53 bits per heavy atom. The molecule has 3 rings (SSSR count). The third-order valence-electron chi connectivity index (χ3n) is 3.95. The smallest absolute Gasteiger partial charge is 0.321 e. The highest BCUT2D eigenvalue weighted by atomic mass is 32.2. The molecule has 4 N–H and O–H groups in total. The van der Waals surface area contributed by atoms with E-state index in [1.807, 2.05) is 0 Å². The molecule has 11 heteroatoms. The normalized spacial score (nSPS) is 11.1. The zero-order chi connectivity index (χ0) is 21.7. The van der Waals surface area contributed by atoms with Crippen LogP contribution < -0.4 is 16.4 Å². The third-order valence-corrected chi connectivity index (χ3v) is 6.42. The first-order valence-corrected chi connectivity index (χ1v) is 11.1. The summed E-state index contributed by atoms with van der Waals surface area (Å²) in [7, 11) is -3.69. The lowest BCUT2D eigenvalue weighted by molar-refractivity contribution is 0.1000. The molecule has 1 heterocycles. The van der Waals surface area contributed by atoms with E-state index >= 15 is 0 Å². The topological polar surface area (TPSA) is 131 Å². The summed E-state index contributed by atoms with van der Waals surface area (Å²) in [6.45, 7) is 0.123. The molecule has 156 valence electrons. The van der Waals surface area contributed by atoms with E-state index in [1.165, 1.54) is 41.8 Å². The Bertz CT molecular complexity index is 1180. The minimum atomic E-state index is -3.69. The summed E-state index contributed by atoms with van der Waals surface area (Å²) in [5, 5.41) is 6.82. The van der Waals surface area contributed by atoms with Crippen molar-refractivity contribution in [3.8, 4) is 0 Å². The van der Waals surface area contributed by atoms with Crippen LogP contribution in [0.1, 0.15) is 21.6 Å². The molecule has 2 aromatic carbocycles. The number of nitrogens with one attached hydrogen (secondary N) is 2. The first kappa shape index (κ1) is 21.4. The molecule has 0 bridgehead atoms. The van der Waals surface area contributed by atoms with Gasteiger partial charge in [0.2, 0.25) is 5.91 Å². The molecule has 1 aromatic heterocycles. The van der Waals surface area contributed by atoms with Crippen LogP contribution in [0.5, 0.6) is 0 Å². The van der Waals surface area contributed by atoms with Crippen molar-refractivity contribution in [2.45, 2.75) is 17.2 Å². The second-order valence-electron chi connectivity index (χ2n) is 6.23. The number of primary amides is 1. The quantitative estimate of drug-likeness (QED) is 0.511. The molecule has 0 saturated heterocycles. The van der Waals surface area contributed by atoms with Crippen LogP contribution in [0.25, 0.3) is 0 Å². The molecule has 0 unspecified atom stereocenters. The summed E-state index contributed by atoms with van der Waals surface area (Å²) in [5.74, 6) is -1.42. The van der Waals surface area contributed by atoms with Crippen LogP contribution in [0, 0.1) is 5.82 Å². The molecule has 0 radical (unpaired) electrons. The second-order valence-corrected chi connectivity index (χ2v) is 9.08. The Kier molecular flexibility index (Phi) is 6.43. The van der Waals surface area contributed by atoms with Crippen molar-refractivity contribution < 1.29 is 22.4 Å². The number of anilines is 1. The Morgan fingerprint density at radius 1 is 1.13 bits per heavy atom. The van der Waals surface area contributed by atoms with Gasteiger partial charge in [0.05, 0.1) is 16.3 Å². The Hall–Kier alpha value is -3.31. The van der Waals surface area contributed by atoms with Crippen molar-refractivity contribution in [2.75, 3.05) is 5.32 Å². The van der Waals surface area contributed by atoms with Gasteiger partial charge >= 0.3 is 6.03 Å². The SMILES string of the molecule is NC(=O)c1ccc(S(=O)(=O)Cc2csc(NC(=O)NCc3cccc(F)c3)n2)cc1. The van der Waals surface area contributed by atoms with E-state index in [4.69, 9.17) is 5.73 Å². The number of nitrogens with zero attached hydrogens (tertiary/aromatic N) is 1. The lowest BCUT2D eigenvalue weighted by Gasteiger charge is -2.06. The molecule has 0 spiro atoms. The van der Waals surface area contributed by atoms with E-state index in [9.17, 15) is 22.4 Å². The monoisotopic (exact) mass is 448 g/mol. The van der Waals surface area contributed by atoms with Gasteiger partial charge in [-0.25, -0.2) is 22.6 Å². The van der Waals surface area contributed by atoms with Crippen LogP contribution >= 0.6 is 11.3 Å². The predicted octanol–water partition coefficient (Wildman–Crippen LogP) is 2.68. The Labute approximate surface area is 175 Å². The lowest BCUT2D eigenvalue weighted by atomic mass is 10.2. The number of hydrogen-bond donors (Lipinski definition) is 3.